The fourth-order valence-electron chi connectivity index (χ4n) is 3.85. The van der Waals surface area contributed by atoms with Gasteiger partial charge in [-0.2, -0.15) is 0 Å². The van der Waals surface area contributed by atoms with Gasteiger partial charge in [-0.3, -0.25) is 0 Å². The Morgan fingerprint density at radius 2 is 1.81 bits per heavy atom. The van der Waals surface area contributed by atoms with E-state index < -0.39 is 0 Å². The number of rotatable bonds is 5. The Labute approximate surface area is 155 Å². The molecule has 0 atom stereocenters. The van der Waals surface area contributed by atoms with E-state index in [0.29, 0.717) is 0 Å². The molecule has 1 aliphatic rings. The van der Waals surface area contributed by atoms with Gasteiger partial charge in [-0.15, -0.1) is 0 Å². The highest BCUT2D eigenvalue weighted by molar-refractivity contribution is 5.80. The molecule has 4 rings (SSSR count). The van der Waals surface area contributed by atoms with Crippen LogP contribution in [0.3, 0.4) is 0 Å². The lowest BCUT2D eigenvalue weighted by molar-refractivity contribution is 0.271. The number of aryl methyl sites for hydroxylation is 1. The van der Waals surface area contributed by atoms with Gasteiger partial charge >= 0.3 is 0 Å². The molecule has 0 radical (unpaired) electrons. The molecule has 26 heavy (non-hydrogen) atoms. The fourth-order valence-corrected chi connectivity index (χ4v) is 3.85. The largest absolute Gasteiger partial charge is 0.379 e. The van der Waals surface area contributed by atoms with Crippen LogP contribution in [0.25, 0.3) is 10.9 Å². The molecule has 4 heteroatoms. The van der Waals surface area contributed by atoms with Crippen LogP contribution in [0.5, 0.6) is 0 Å². The lowest BCUT2D eigenvalue weighted by atomic mass is 10.1. The molecule has 0 amide bonds. The van der Waals surface area contributed by atoms with Gasteiger partial charge in [0.2, 0.25) is 0 Å². The van der Waals surface area contributed by atoms with Crippen molar-refractivity contribution in [2.24, 2.45) is 0 Å². The van der Waals surface area contributed by atoms with Crippen LogP contribution >= 0.6 is 0 Å². The maximum absolute atomic E-state index is 3.55. The first-order valence-electron chi connectivity index (χ1n) is 9.61. The minimum Gasteiger partial charge on any atom is -0.379 e. The number of aromatic nitrogens is 1. The van der Waals surface area contributed by atoms with E-state index >= 15 is 0 Å². The van der Waals surface area contributed by atoms with Gasteiger partial charge in [0, 0.05) is 48.8 Å². The minimum atomic E-state index is 0.808. The molecule has 3 aromatic rings. The third kappa shape index (κ3) is 3.56. The Bertz CT molecular complexity index is 842. The van der Waals surface area contributed by atoms with E-state index in [2.05, 4.69) is 82.5 Å². The number of hydrogen-bond acceptors (Lipinski definition) is 3. The first-order chi connectivity index (χ1) is 12.7. The summed E-state index contributed by atoms with van der Waals surface area (Å²) in [7, 11) is 0. The smallest absolute Gasteiger partial charge is 0.0551 e. The number of aromatic amines is 1. The number of piperazine rings is 1. The summed E-state index contributed by atoms with van der Waals surface area (Å²) in [5.74, 6) is 0. The molecule has 1 aliphatic heterocycles. The van der Waals surface area contributed by atoms with Crippen LogP contribution in [0.15, 0.2) is 48.5 Å². The summed E-state index contributed by atoms with van der Waals surface area (Å²) >= 11 is 0. The van der Waals surface area contributed by atoms with Crippen LogP contribution in [-0.2, 0) is 6.54 Å². The lowest BCUT2D eigenvalue weighted by Crippen LogP contribution is -2.46. The number of fused-ring (bicyclic) bond motifs is 1. The van der Waals surface area contributed by atoms with Crippen molar-refractivity contribution in [2.75, 3.05) is 42.9 Å². The molecule has 2 heterocycles. The first-order valence-corrected chi connectivity index (χ1v) is 9.61. The van der Waals surface area contributed by atoms with E-state index in [1.165, 1.54) is 33.5 Å². The molecule has 0 aliphatic carbocycles. The van der Waals surface area contributed by atoms with Crippen LogP contribution < -0.4 is 10.2 Å². The Morgan fingerprint density at radius 1 is 1.00 bits per heavy atom. The SMILES string of the molecule is CCN1CCN(c2ccc(NCc3cc4ccccc4[nH]3)cc2C)CC1. The minimum absolute atomic E-state index is 0.808. The molecular weight excluding hydrogens is 320 g/mol. The monoisotopic (exact) mass is 348 g/mol. The second-order valence-corrected chi connectivity index (χ2v) is 7.16. The van der Waals surface area contributed by atoms with Gasteiger partial charge in [0.15, 0.2) is 0 Å². The summed E-state index contributed by atoms with van der Waals surface area (Å²) in [6.45, 7) is 11.0. The van der Waals surface area contributed by atoms with Gasteiger partial charge in [-0.25, -0.2) is 0 Å². The summed E-state index contributed by atoms with van der Waals surface area (Å²) in [4.78, 5) is 8.51. The highest BCUT2D eigenvalue weighted by Crippen LogP contribution is 2.25. The Kier molecular flexibility index (Phi) is 4.85. The number of para-hydroxylation sites is 1. The third-order valence-electron chi connectivity index (χ3n) is 5.43. The zero-order chi connectivity index (χ0) is 17.9. The highest BCUT2D eigenvalue weighted by Gasteiger charge is 2.17. The molecule has 1 fully saturated rings. The van der Waals surface area contributed by atoms with Crippen molar-refractivity contribution in [3.8, 4) is 0 Å². The predicted molar refractivity (Wildman–Crippen MR) is 111 cm³/mol. The third-order valence-corrected chi connectivity index (χ3v) is 5.43. The van der Waals surface area contributed by atoms with E-state index in [1.807, 2.05) is 0 Å². The number of anilines is 2. The maximum Gasteiger partial charge on any atom is 0.0551 e. The number of nitrogens with one attached hydrogen (secondary N) is 2. The summed E-state index contributed by atoms with van der Waals surface area (Å²) in [6.07, 6.45) is 0. The van der Waals surface area contributed by atoms with Crippen LogP contribution in [0.2, 0.25) is 0 Å². The van der Waals surface area contributed by atoms with Gasteiger partial charge in [-0.1, -0.05) is 25.1 Å². The van der Waals surface area contributed by atoms with E-state index in [-0.39, 0.29) is 0 Å². The van der Waals surface area contributed by atoms with Crippen molar-refractivity contribution in [1.29, 1.82) is 0 Å². The Morgan fingerprint density at radius 3 is 2.54 bits per heavy atom. The predicted octanol–water partition coefficient (Wildman–Crippen LogP) is 4.23. The van der Waals surface area contributed by atoms with Crippen molar-refractivity contribution in [3.05, 3.63) is 59.8 Å². The zero-order valence-corrected chi connectivity index (χ0v) is 15.8. The second kappa shape index (κ2) is 7.42. The van der Waals surface area contributed by atoms with E-state index in [0.717, 1.165) is 39.3 Å². The summed E-state index contributed by atoms with van der Waals surface area (Å²) in [5, 5.41) is 4.82. The van der Waals surface area contributed by atoms with Crippen LogP contribution in [0.4, 0.5) is 11.4 Å². The number of nitrogens with zero attached hydrogens (tertiary/aromatic N) is 2. The Balaban J connectivity index is 1.41. The maximum atomic E-state index is 3.55. The van der Waals surface area contributed by atoms with Crippen LogP contribution in [0, 0.1) is 6.92 Å². The van der Waals surface area contributed by atoms with Gasteiger partial charge in [0.25, 0.3) is 0 Å². The van der Waals surface area contributed by atoms with Crippen molar-refractivity contribution in [3.63, 3.8) is 0 Å². The molecule has 4 nitrogen and oxygen atoms in total. The van der Waals surface area contributed by atoms with Crippen molar-refractivity contribution < 1.29 is 0 Å². The highest BCUT2D eigenvalue weighted by atomic mass is 15.3. The van der Waals surface area contributed by atoms with E-state index in [9.17, 15) is 0 Å². The van der Waals surface area contributed by atoms with Crippen molar-refractivity contribution in [1.82, 2.24) is 9.88 Å². The molecule has 0 spiro atoms. The average Bonchev–Trinajstić information content (AvgIpc) is 3.10. The molecular formula is C22H28N4. The summed E-state index contributed by atoms with van der Waals surface area (Å²) in [6, 6.07) is 17.4. The van der Waals surface area contributed by atoms with E-state index in [4.69, 9.17) is 0 Å². The Hall–Kier alpha value is -2.46. The van der Waals surface area contributed by atoms with Crippen LogP contribution in [0.1, 0.15) is 18.2 Å². The topological polar surface area (TPSA) is 34.3 Å². The molecule has 0 bridgehead atoms. The standard InChI is InChI=1S/C22H28N4/c1-3-25-10-12-26(13-11-25)22-9-8-19(14-17(22)2)23-16-20-15-18-6-4-5-7-21(18)24-20/h4-9,14-15,23-24H,3,10-13,16H2,1-2H3. The first kappa shape index (κ1) is 17.0. The second-order valence-electron chi connectivity index (χ2n) is 7.16. The number of benzene rings is 2. The van der Waals surface area contributed by atoms with Gasteiger partial charge in [-0.05, 0) is 54.8 Å². The summed E-state index contributed by atoms with van der Waals surface area (Å²) in [5.41, 5.74) is 6.30. The van der Waals surface area contributed by atoms with Crippen molar-refractivity contribution in [2.45, 2.75) is 20.4 Å². The van der Waals surface area contributed by atoms with E-state index in [1.54, 1.807) is 0 Å². The van der Waals surface area contributed by atoms with Crippen LogP contribution in [-0.4, -0.2) is 42.6 Å². The van der Waals surface area contributed by atoms with Gasteiger partial charge < -0.3 is 20.1 Å². The summed E-state index contributed by atoms with van der Waals surface area (Å²) < 4.78 is 0. The number of likely N-dealkylation sites (N-methyl/N-ethyl adjacent to an activating group) is 1. The normalized spacial score (nSPS) is 15.5. The van der Waals surface area contributed by atoms with Gasteiger partial charge in [0.1, 0.15) is 0 Å². The molecule has 136 valence electrons. The van der Waals surface area contributed by atoms with Crippen molar-refractivity contribution >= 4 is 22.3 Å². The zero-order valence-electron chi connectivity index (χ0n) is 15.8. The molecule has 2 aromatic carbocycles. The quantitative estimate of drug-likeness (QED) is 0.724. The fraction of sp³-hybridized carbons (Fsp3) is 0.364. The molecule has 0 saturated carbocycles. The average molecular weight is 348 g/mol. The molecule has 1 aromatic heterocycles. The van der Waals surface area contributed by atoms with Gasteiger partial charge in [0.05, 0.1) is 6.54 Å². The molecule has 1 saturated heterocycles. The number of H-pyrrole nitrogens is 1. The number of hydrogen-bond donors (Lipinski definition) is 2. The molecule has 2 N–H and O–H groups in total. The molecule has 0 unspecified atom stereocenters. The lowest BCUT2D eigenvalue weighted by Gasteiger charge is -2.36.